The van der Waals surface area contributed by atoms with Crippen LogP contribution in [0.2, 0.25) is 0 Å². The molecule has 0 saturated carbocycles. The van der Waals surface area contributed by atoms with Crippen molar-refractivity contribution in [1.82, 2.24) is 0 Å². The van der Waals surface area contributed by atoms with Crippen LogP contribution < -0.4 is 0 Å². The fourth-order valence-electron chi connectivity index (χ4n) is 3.07. The molecule has 1 aliphatic heterocycles. The Morgan fingerprint density at radius 1 is 1.16 bits per heavy atom. The number of hydrogen-bond donors (Lipinski definition) is 1. The Balaban J connectivity index is 2.31. The topological polar surface area (TPSA) is 29.5 Å². The van der Waals surface area contributed by atoms with Crippen molar-refractivity contribution < 1.29 is 18.6 Å². The summed E-state index contributed by atoms with van der Waals surface area (Å²) in [6, 6.07) is 3.15. The molecule has 2 unspecified atom stereocenters. The summed E-state index contributed by atoms with van der Waals surface area (Å²) in [5.41, 5.74) is -0.621. The first-order valence-corrected chi connectivity index (χ1v) is 6.45. The van der Waals surface area contributed by atoms with E-state index in [0.29, 0.717) is 6.42 Å². The third kappa shape index (κ3) is 2.95. The van der Waals surface area contributed by atoms with Gasteiger partial charge in [0.2, 0.25) is 0 Å². The van der Waals surface area contributed by atoms with Crippen LogP contribution >= 0.6 is 0 Å². The summed E-state index contributed by atoms with van der Waals surface area (Å²) >= 11 is 0. The quantitative estimate of drug-likeness (QED) is 0.890. The molecular formula is C15H20F2O2. The van der Waals surface area contributed by atoms with Crippen LogP contribution in [-0.4, -0.2) is 16.3 Å². The highest BCUT2D eigenvalue weighted by Crippen LogP contribution is 2.47. The molecule has 106 valence electrons. The van der Waals surface area contributed by atoms with Crippen molar-refractivity contribution in [2.45, 2.75) is 51.4 Å². The zero-order valence-corrected chi connectivity index (χ0v) is 11.7. The first-order chi connectivity index (χ1) is 8.61. The summed E-state index contributed by atoms with van der Waals surface area (Å²) in [6.45, 7) is 7.69. The van der Waals surface area contributed by atoms with Gasteiger partial charge in [0.05, 0.1) is 17.3 Å². The summed E-state index contributed by atoms with van der Waals surface area (Å²) in [4.78, 5) is 0. The van der Waals surface area contributed by atoms with Crippen LogP contribution in [-0.2, 0) is 4.74 Å². The van der Waals surface area contributed by atoms with E-state index < -0.39 is 23.3 Å². The van der Waals surface area contributed by atoms with Gasteiger partial charge in [-0.15, -0.1) is 0 Å². The average Bonchev–Trinajstić information content (AvgIpc) is 2.44. The van der Waals surface area contributed by atoms with E-state index in [1.54, 1.807) is 0 Å². The van der Waals surface area contributed by atoms with Gasteiger partial charge in [0.25, 0.3) is 0 Å². The van der Waals surface area contributed by atoms with Crippen LogP contribution in [0.25, 0.3) is 0 Å². The molecule has 0 spiro atoms. The largest absolute Gasteiger partial charge is 0.388 e. The average molecular weight is 270 g/mol. The number of hydrogen-bond acceptors (Lipinski definition) is 2. The zero-order valence-electron chi connectivity index (χ0n) is 11.7. The first kappa shape index (κ1) is 14.4. The second-order valence-electron chi connectivity index (χ2n) is 6.42. The van der Waals surface area contributed by atoms with E-state index in [4.69, 9.17) is 4.74 Å². The Bertz CT molecular complexity index is 463. The van der Waals surface area contributed by atoms with Gasteiger partial charge in [0, 0.05) is 12.0 Å². The monoisotopic (exact) mass is 270 g/mol. The van der Waals surface area contributed by atoms with Gasteiger partial charge in [-0.25, -0.2) is 8.78 Å². The maximum atomic E-state index is 13.2. The van der Waals surface area contributed by atoms with Crippen LogP contribution in [0.3, 0.4) is 0 Å². The van der Waals surface area contributed by atoms with E-state index in [0.717, 1.165) is 6.07 Å². The van der Waals surface area contributed by atoms with Crippen LogP contribution in [0.1, 0.15) is 45.8 Å². The third-order valence-electron chi connectivity index (χ3n) is 3.75. The molecule has 0 aliphatic carbocycles. The lowest BCUT2D eigenvalue weighted by Gasteiger charge is -2.30. The Morgan fingerprint density at radius 3 is 2.11 bits per heavy atom. The Morgan fingerprint density at radius 2 is 1.68 bits per heavy atom. The van der Waals surface area contributed by atoms with Gasteiger partial charge in [-0.2, -0.15) is 0 Å². The molecule has 0 radical (unpaired) electrons. The van der Waals surface area contributed by atoms with Crippen molar-refractivity contribution in [3.8, 4) is 0 Å². The number of benzene rings is 1. The lowest BCUT2D eigenvalue weighted by Crippen LogP contribution is -2.32. The van der Waals surface area contributed by atoms with E-state index >= 15 is 0 Å². The molecule has 2 nitrogen and oxygen atoms in total. The summed E-state index contributed by atoms with van der Waals surface area (Å²) in [6.07, 6.45) is -0.304. The summed E-state index contributed by atoms with van der Waals surface area (Å²) in [5.74, 6) is -1.56. The Hall–Kier alpha value is -1.00. The molecule has 1 aromatic carbocycles. The number of aliphatic hydroxyl groups excluding tert-OH is 1. The lowest BCUT2D eigenvalue weighted by molar-refractivity contribution is -0.0880. The number of rotatable bonds is 2. The molecule has 2 rings (SSSR count). The van der Waals surface area contributed by atoms with E-state index in [-0.39, 0.29) is 17.1 Å². The second kappa shape index (κ2) is 4.53. The fourth-order valence-corrected chi connectivity index (χ4v) is 3.07. The van der Waals surface area contributed by atoms with Gasteiger partial charge in [-0.05, 0) is 51.8 Å². The predicted octanol–water partition coefficient (Wildman–Crippen LogP) is 3.59. The molecule has 1 fully saturated rings. The molecule has 1 N–H and O–H groups in total. The van der Waals surface area contributed by atoms with Gasteiger partial charge < -0.3 is 9.84 Å². The highest BCUT2D eigenvalue weighted by atomic mass is 19.1. The van der Waals surface area contributed by atoms with Gasteiger partial charge in [-0.3, -0.25) is 0 Å². The smallest absolute Gasteiger partial charge is 0.126 e. The van der Waals surface area contributed by atoms with Gasteiger partial charge in [-0.1, -0.05) is 0 Å². The molecule has 0 amide bonds. The SMILES string of the molecule is CC1(C)CC(C(O)c2cc(F)cc(F)c2)C(C)(C)O1. The van der Waals surface area contributed by atoms with E-state index in [1.165, 1.54) is 12.1 Å². The second-order valence-corrected chi connectivity index (χ2v) is 6.42. The van der Waals surface area contributed by atoms with Gasteiger partial charge in [0.1, 0.15) is 11.6 Å². The molecule has 1 saturated heterocycles. The first-order valence-electron chi connectivity index (χ1n) is 6.45. The molecule has 19 heavy (non-hydrogen) atoms. The highest BCUT2D eigenvalue weighted by molar-refractivity contribution is 5.22. The fraction of sp³-hybridized carbons (Fsp3) is 0.600. The summed E-state index contributed by atoms with van der Waals surface area (Å²) < 4.78 is 32.4. The van der Waals surface area contributed by atoms with E-state index in [9.17, 15) is 13.9 Å². The van der Waals surface area contributed by atoms with Crippen molar-refractivity contribution in [3.63, 3.8) is 0 Å². The van der Waals surface area contributed by atoms with Crippen molar-refractivity contribution in [2.75, 3.05) is 0 Å². The van der Waals surface area contributed by atoms with Crippen LogP contribution in [0.5, 0.6) is 0 Å². The maximum absolute atomic E-state index is 13.2. The minimum Gasteiger partial charge on any atom is -0.388 e. The van der Waals surface area contributed by atoms with Crippen molar-refractivity contribution >= 4 is 0 Å². The van der Waals surface area contributed by atoms with Crippen LogP contribution in [0.4, 0.5) is 8.78 Å². The highest BCUT2D eigenvalue weighted by Gasteiger charge is 2.49. The molecule has 1 heterocycles. The lowest BCUT2D eigenvalue weighted by atomic mass is 9.80. The third-order valence-corrected chi connectivity index (χ3v) is 3.75. The molecule has 0 aromatic heterocycles. The van der Waals surface area contributed by atoms with Crippen molar-refractivity contribution in [2.24, 2.45) is 5.92 Å². The van der Waals surface area contributed by atoms with Crippen molar-refractivity contribution in [1.29, 1.82) is 0 Å². The molecular weight excluding hydrogens is 250 g/mol. The zero-order chi connectivity index (χ0) is 14.4. The summed E-state index contributed by atoms with van der Waals surface area (Å²) in [7, 11) is 0. The Kier molecular flexibility index (Phi) is 3.43. The molecule has 4 heteroatoms. The molecule has 0 bridgehead atoms. The molecule has 1 aromatic rings. The number of aliphatic hydroxyl groups is 1. The molecule has 2 atom stereocenters. The minimum absolute atomic E-state index is 0.205. The van der Waals surface area contributed by atoms with Crippen molar-refractivity contribution in [3.05, 3.63) is 35.4 Å². The standard InChI is InChI=1S/C15H20F2O2/c1-14(2)8-12(15(3,4)19-14)13(18)9-5-10(16)7-11(17)6-9/h5-7,12-13,18H,8H2,1-4H3. The maximum Gasteiger partial charge on any atom is 0.126 e. The normalized spacial score (nSPS) is 26.4. The summed E-state index contributed by atoms with van der Waals surface area (Å²) in [5, 5.41) is 10.4. The number of ether oxygens (including phenoxy) is 1. The van der Waals surface area contributed by atoms with Crippen LogP contribution in [0.15, 0.2) is 18.2 Å². The Labute approximate surface area is 112 Å². The van der Waals surface area contributed by atoms with Crippen LogP contribution in [0, 0.1) is 17.6 Å². The van der Waals surface area contributed by atoms with Gasteiger partial charge >= 0.3 is 0 Å². The van der Waals surface area contributed by atoms with E-state index in [2.05, 4.69) is 0 Å². The predicted molar refractivity (Wildman–Crippen MR) is 68.7 cm³/mol. The van der Waals surface area contributed by atoms with E-state index in [1.807, 2.05) is 27.7 Å². The number of halogens is 2. The minimum atomic E-state index is -0.943. The molecule has 1 aliphatic rings. The van der Waals surface area contributed by atoms with Gasteiger partial charge in [0.15, 0.2) is 0 Å².